The first-order valence-electron chi connectivity index (χ1n) is 4.58. The van der Waals surface area contributed by atoms with E-state index in [-0.39, 0.29) is 5.91 Å². The normalized spacial score (nSPS) is 9.81. The second-order valence-electron chi connectivity index (χ2n) is 3.07. The minimum atomic E-state index is -0.225. The zero-order valence-corrected chi connectivity index (χ0v) is 8.98. The molecule has 0 aromatic carbocycles. The predicted molar refractivity (Wildman–Crippen MR) is 61.4 cm³/mol. The molecule has 2 rings (SSSR count). The number of anilines is 1. The van der Waals surface area contributed by atoms with Crippen LogP contribution in [0.25, 0.3) is 0 Å². The molecule has 0 unspecified atom stereocenters. The summed E-state index contributed by atoms with van der Waals surface area (Å²) in [6.07, 6.45) is 4.61. The summed E-state index contributed by atoms with van der Waals surface area (Å²) in [5, 5.41) is 3.07. The molecular weight excluding hydrogens is 226 g/mol. The van der Waals surface area contributed by atoms with E-state index in [1.807, 2.05) is 0 Å². The number of rotatable bonds is 2. The van der Waals surface area contributed by atoms with Crippen molar-refractivity contribution in [1.82, 2.24) is 9.97 Å². The number of carbonyl (C=O) groups is 1. The summed E-state index contributed by atoms with van der Waals surface area (Å²) in [5.74, 6) is -0.225. The van der Waals surface area contributed by atoms with E-state index in [1.165, 1.54) is 12.4 Å². The molecule has 0 aliphatic heterocycles. The number of amides is 1. The standard InChI is InChI=1S/C11H8ClN3O/c12-10-4-3-9(7-14-10)15-11(16)8-2-1-5-13-6-8/h1-7H,(H,15,16). The van der Waals surface area contributed by atoms with Crippen LogP contribution < -0.4 is 5.32 Å². The lowest BCUT2D eigenvalue weighted by atomic mass is 10.2. The van der Waals surface area contributed by atoms with Gasteiger partial charge in [-0.05, 0) is 24.3 Å². The van der Waals surface area contributed by atoms with E-state index in [9.17, 15) is 4.79 Å². The van der Waals surface area contributed by atoms with Gasteiger partial charge in [-0.1, -0.05) is 11.6 Å². The van der Waals surface area contributed by atoms with Crippen molar-refractivity contribution in [2.75, 3.05) is 5.32 Å². The fourth-order valence-corrected chi connectivity index (χ4v) is 1.26. The van der Waals surface area contributed by atoms with Crippen LogP contribution in [0.3, 0.4) is 0 Å². The largest absolute Gasteiger partial charge is 0.321 e. The quantitative estimate of drug-likeness (QED) is 0.811. The van der Waals surface area contributed by atoms with Crippen LogP contribution in [0.2, 0.25) is 5.15 Å². The van der Waals surface area contributed by atoms with E-state index in [4.69, 9.17) is 11.6 Å². The molecule has 0 saturated heterocycles. The van der Waals surface area contributed by atoms with Gasteiger partial charge in [-0.3, -0.25) is 9.78 Å². The summed E-state index contributed by atoms with van der Waals surface area (Å²) >= 11 is 5.63. The molecular formula is C11H8ClN3O. The highest BCUT2D eigenvalue weighted by atomic mass is 35.5. The first-order valence-corrected chi connectivity index (χ1v) is 4.96. The van der Waals surface area contributed by atoms with Crippen LogP contribution >= 0.6 is 11.6 Å². The van der Waals surface area contributed by atoms with Crippen molar-refractivity contribution < 1.29 is 4.79 Å². The molecule has 0 aliphatic carbocycles. The average Bonchev–Trinajstić information content (AvgIpc) is 2.33. The number of nitrogens with one attached hydrogen (secondary N) is 1. The molecule has 0 bridgehead atoms. The van der Waals surface area contributed by atoms with Crippen LogP contribution in [0, 0.1) is 0 Å². The number of hydrogen-bond acceptors (Lipinski definition) is 3. The van der Waals surface area contributed by atoms with Gasteiger partial charge in [0.25, 0.3) is 5.91 Å². The maximum atomic E-state index is 11.7. The highest BCUT2D eigenvalue weighted by Crippen LogP contribution is 2.10. The Morgan fingerprint density at radius 2 is 2.12 bits per heavy atom. The first-order chi connectivity index (χ1) is 7.75. The molecule has 2 aromatic rings. The van der Waals surface area contributed by atoms with Gasteiger partial charge in [0.05, 0.1) is 17.4 Å². The molecule has 0 atom stereocenters. The second kappa shape index (κ2) is 4.72. The minimum Gasteiger partial charge on any atom is -0.321 e. The van der Waals surface area contributed by atoms with Gasteiger partial charge < -0.3 is 5.32 Å². The van der Waals surface area contributed by atoms with E-state index in [0.717, 1.165) is 0 Å². The minimum absolute atomic E-state index is 0.225. The molecule has 0 fully saturated rings. The van der Waals surface area contributed by atoms with E-state index in [1.54, 1.807) is 30.5 Å². The van der Waals surface area contributed by atoms with E-state index >= 15 is 0 Å². The van der Waals surface area contributed by atoms with Crippen LogP contribution in [0.1, 0.15) is 10.4 Å². The van der Waals surface area contributed by atoms with Crippen molar-refractivity contribution in [2.24, 2.45) is 0 Å². The molecule has 0 saturated carbocycles. The number of aromatic nitrogens is 2. The summed E-state index contributed by atoms with van der Waals surface area (Å²) < 4.78 is 0. The number of halogens is 1. The molecule has 1 amide bonds. The first kappa shape index (κ1) is 10.6. The molecule has 16 heavy (non-hydrogen) atoms. The lowest BCUT2D eigenvalue weighted by molar-refractivity contribution is 0.102. The summed E-state index contributed by atoms with van der Waals surface area (Å²) in [7, 11) is 0. The van der Waals surface area contributed by atoms with Gasteiger partial charge in [0, 0.05) is 12.4 Å². The number of nitrogens with zero attached hydrogens (tertiary/aromatic N) is 2. The van der Waals surface area contributed by atoms with Gasteiger partial charge >= 0.3 is 0 Å². The molecule has 0 aliphatic rings. The van der Waals surface area contributed by atoms with Crippen LogP contribution in [0.5, 0.6) is 0 Å². The van der Waals surface area contributed by atoms with Crippen molar-refractivity contribution in [3.8, 4) is 0 Å². The maximum Gasteiger partial charge on any atom is 0.257 e. The maximum absolute atomic E-state index is 11.7. The molecule has 0 radical (unpaired) electrons. The Labute approximate surface area is 97.3 Å². The van der Waals surface area contributed by atoms with Gasteiger partial charge in [-0.2, -0.15) is 0 Å². The van der Waals surface area contributed by atoms with Crippen LogP contribution in [0.4, 0.5) is 5.69 Å². The topological polar surface area (TPSA) is 54.9 Å². The fourth-order valence-electron chi connectivity index (χ4n) is 1.15. The second-order valence-corrected chi connectivity index (χ2v) is 3.45. The summed E-state index contributed by atoms with van der Waals surface area (Å²) in [6.45, 7) is 0. The average molecular weight is 234 g/mol. The van der Waals surface area contributed by atoms with Crippen LogP contribution in [-0.4, -0.2) is 15.9 Å². The third-order valence-corrected chi connectivity index (χ3v) is 2.13. The molecule has 5 heteroatoms. The molecule has 2 aromatic heterocycles. The summed E-state index contributed by atoms with van der Waals surface area (Å²) in [4.78, 5) is 19.4. The highest BCUT2D eigenvalue weighted by molar-refractivity contribution is 6.29. The Bertz CT molecular complexity index is 484. The summed E-state index contributed by atoms with van der Waals surface area (Å²) in [5.41, 5.74) is 1.09. The van der Waals surface area contributed by atoms with Gasteiger partial charge in [0.15, 0.2) is 0 Å². The van der Waals surface area contributed by atoms with Crippen molar-refractivity contribution in [3.05, 3.63) is 53.6 Å². The molecule has 4 nitrogen and oxygen atoms in total. The monoisotopic (exact) mass is 233 g/mol. The van der Waals surface area contributed by atoms with Gasteiger partial charge in [-0.15, -0.1) is 0 Å². The lowest BCUT2D eigenvalue weighted by Gasteiger charge is -2.03. The Balaban J connectivity index is 2.11. The zero-order valence-electron chi connectivity index (χ0n) is 8.22. The SMILES string of the molecule is O=C(Nc1ccc(Cl)nc1)c1cccnc1. The van der Waals surface area contributed by atoms with Gasteiger partial charge in [0.1, 0.15) is 5.15 Å². The van der Waals surface area contributed by atoms with Crippen LogP contribution in [-0.2, 0) is 0 Å². The van der Waals surface area contributed by atoms with Gasteiger partial charge in [0.2, 0.25) is 0 Å². The fraction of sp³-hybridized carbons (Fsp3) is 0. The van der Waals surface area contributed by atoms with Crippen molar-refractivity contribution in [1.29, 1.82) is 0 Å². The molecule has 1 N–H and O–H groups in total. The molecule has 0 spiro atoms. The van der Waals surface area contributed by atoms with E-state index < -0.39 is 0 Å². The van der Waals surface area contributed by atoms with E-state index in [2.05, 4.69) is 15.3 Å². The Hall–Kier alpha value is -1.94. The number of carbonyl (C=O) groups excluding carboxylic acids is 1. The van der Waals surface area contributed by atoms with Gasteiger partial charge in [-0.25, -0.2) is 4.98 Å². The molecule has 80 valence electrons. The summed E-state index contributed by atoms with van der Waals surface area (Å²) in [6, 6.07) is 6.69. The van der Waals surface area contributed by atoms with E-state index in [0.29, 0.717) is 16.4 Å². The Morgan fingerprint density at radius 1 is 1.25 bits per heavy atom. The van der Waals surface area contributed by atoms with Crippen molar-refractivity contribution in [2.45, 2.75) is 0 Å². The Morgan fingerprint density at radius 3 is 2.75 bits per heavy atom. The zero-order chi connectivity index (χ0) is 11.4. The van der Waals surface area contributed by atoms with Crippen molar-refractivity contribution in [3.63, 3.8) is 0 Å². The Kier molecular flexibility index (Phi) is 3.12. The molecule has 2 heterocycles. The lowest BCUT2D eigenvalue weighted by Crippen LogP contribution is -2.12. The van der Waals surface area contributed by atoms with Crippen molar-refractivity contribution >= 4 is 23.2 Å². The number of pyridine rings is 2. The predicted octanol–water partition coefficient (Wildman–Crippen LogP) is 2.38. The highest BCUT2D eigenvalue weighted by Gasteiger charge is 2.05. The van der Waals surface area contributed by atoms with Crippen LogP contribution in [0.15, 0.2) is 42.9 Å². The number of hydrogen-bond donors (Lipinski definition) is 1. The third-order valence-electron chi connectivity index (χ3n) is 1.91. The smallest absolute Gasteiger partial charge is 0.257 e. The third kappa shape index (κ3) is 2.55.